The summed E-state index contributed by atoms with van der Waals surface area (Å²) in [6.45, 7) is 1.35. The summed E-state index contributed by atoms with van der Waals surface area (Å²) >= 11 is 2.22. The molecule has 0 heterocycles. The second-order valence-electron chi connectivity index (χ2n) is 2.72. The van der Waals surface area contributed by atoms with E-state index < -0.39 is 0 Å². The Morgan fingerprint density at radius 1 is 1.57 bits per heavy atom. The summed E-state index contributed by atoms with van der Waals surface area (Å²) in [5, 5.41) is 12.0. The average Bonchev–Trinajstić information content (AvgIpc) is 2.19. The van der Waals surface area contributed by atoms with Gasteiger partial charge in [0.2, 0.25) is 0 Å². The highest BCUT2D eigenvalue weighted by atomic mass is 127. The van der Waals surface area contributed by atoms with Gasteiger partial charge in [0.05, 0.1) is 17.9 Å². The summed E-state index contributed by atoms with van der Waals surface area (Å²) < 4.78 is 6.03. The van der Waals surface area contributed by atoms with Crippen LogP contribution in [0.15, 0.2) is 18.2 Å². The zero-order valence-corrected chi connectivity index (χ0v) is 10.0. The number of methoxy groups -OCH3 is 1. The molecule has 0 aliphatic carbocycles. The van der Waals surface area contributed by atoms with E-state index in [1.807, 2.05) is 18.2 Å². The summed E-state index contributed by atoms with van der Waals surface area (Å²) in [5.74, 6) is 0. The van der Waals surface area contributed by atoms with Crippen LogP contribution >= 0.6 is 22.6 Å². The third kappa shape index (κ3) is 3.16. The Morgan fingerprint density at radius 2 is 2.36 bits per heavy atom. The lowest BCUT2D eigenvalue weighted by Crippen LogP contribution is -2.08. The first-order chi connectivity index (χ1) is 6.77. The molecule has 1 rings (SSSR count). The molecule has 0 spiro atoms. The van der Waals surface area contributed by atoms with E-state index in [2.05, 4.69) is 34.0 Å². The lowest BCUT2D eigenvalue weighted by atomic mass is 10.2. The van der Waals surface area contributed by atoms with E-state index >= 15 is 0 Å². The van der Waals surface area contributed by atoms with Gasteiger partial charge in [-0.3, -0.25) is 0 Å². The minimum Gasteiger partial charge on any atom is -0.383 e. The van der Waals surface area contributed by atoms with Crippen LogP contribution in [-0.2, 0) is 4.74 Å². The fourth-order valence-corrected chi connectivity index (χ4v) is 1.54. The van der Waals surface area contributed by atoms with Crippen LogP contribution in [0.3, 0.4) is 0 Å². The van der Waals surface area contributed by atoms with Crippen LogP contribution in [0, 0.1) is 14.9 Å². The number of benzene rings is 1. The molecule has 0 fully saturated rings. The monoisotopic (exact) mass is 302 g/mol. The molecule has 0 aromatic heterocycles. The van der Waals surface area contributed by atoms with E-state index in [1.54, 1.807) is 7.11 Å². The third-order valence-electron chi connectivity index (χ3n) is 1.72. The Bertz CT molecular complexity index is 346. The van der Waals surface area contributed by atoms with Gasteiger partial charge in [-0.1, -0.05) is 0 Å². The zero-order chi connectivity index (χ0) is 10.4. The van der Waals surface area contributed by atoms with Crippen molar-refractivity contribution in [1.82, 2.24) is 0 Å². The van der Waals surface area contributed by atoms with E-state index in [9.17, 15) is 0 Å². The lowest BCUT2D eigenvalue weighted by Gasteiger charge is -2.07. The molecule has 0 aliphatic rings. The average molecular weight is 302 g/mol. The second kappa shape index (κ2) is 5.83. The van der Waals surface area contributed by atoms with Gasteiger partial charge in [-0.05, 0) is 40.8 Å². The predicted molar refractivity (Wildman–Crippen MR) is 64.2 cm³/mol. The van der Waals surface area contributed by atoms with Crippen LogP contribution in [0.2, 0.25) is 0 Å². The molecular formula is C10H11IN2O. The quantitative estimate of drug-likeness (QED) is 0.685. The first kappa shape index (κ1) is 11.3. The van der Waals surface area contributed by atoms with Crippen LogP contribution in [0.25, 0.3) is 0 Å². The summed E-state index contributed by atoms with van der Waals surface area (Å²) in [5.41, 5.74) is 1.54. The maximum atomic E-state index is 8.84. The zero-order valence-electron chi connectivity index (χ0n) is 7.88. The number of rotatable bonds is 4. The molecule has 4 heteroatoms. The normalized spacial score (nSPS) is 9.50. The smallest absolute Gasteiger partial charge is 0.101 e. The highest BCUT2D eigenvalue weighted by molar-refractivity contribution is 14.1. The Kier molecular flexibility index (Phi) is 4.70. The number of anilines is 1. The molecular weight excluding hydrogens is 291 g/mol. The Hall–Kier alpha value is -0.800. The van der Waals surface area contributed by atoms with Crippen molar-refractivity contribution in [2.24, 2.45) is 0 Å². The van der Waals surface area contributed by atoms with Crippen LogP contribution in [0.1, 0.15) is 5.56 Å². The van der Waals surface area contributed by atoms with E-state index in [-0.39, 0.29) is 0 Å². The standard InChI is InChI=1S/C10H11IN2O/c1-14-5-4-13-10-6-9(11)3-2-8(10)7-12/h2-3,6,13H,4-5H2,1H3. The minimum atomic E-state index is 0.635. The number of hydrogen-bond acceptors (Lipinski definition) is 3. The number of halogens is 1. The number of nitriles is 1. The molecule has 0 atom stereocenters. The summed E-state index contributed by atoms with van der Waals surface area (Å²) in [4.78, 5) is 0. The lowest BCUT2D eigenvalue weighted by molar-refractivity contribution is 0.211. The van der Waals surface area contributed by atoms with Crippen LogP contribution in [0.5, 0.6) is 0 Å². The molecule has 1 aromatic rings. The number of nitrogens with one attached hydrogen (secondary N) is 1. The van der Waals surface area contributed by atoms with E-state index in [0.29, 0.717) is 18.7 Å². The van der Waals surface area contributed by atoms with Gasteiger partial charge in [-0.25, -0.2) is 0 Å². The molecule has 3 nitrogen and oxygen atoms in total. The molecule has 0 bridgehead atoms. The van der Waals surface area contributed by atoms with Gasteiger partial charge in [0.25, 0.3) is 0 Å². The van der Waals surface area contributed by atoms with Crippen molar-refractivity contribution >= 4 is 28.3 Å². The maximum Gasteiger partial charge on any atom is 0.101 e. The van der Waals surface area contributed by atoms with Crippen molar-refractivity contribution in [3.63, 3.8) is 0 Å². The van der Waals surface area contributed by atoms with E-state index in [1.165, 1.54) is 0 Å². The van der Waals surface area contributed by atoms with Crippen molar-refractivity contribution in [2.75, 3.05) is 25.6 Å². The molecule has 74 valence electrons. The van der Waals surface area contributed by atoms with Gasteiger partial charge in [0, 0.05) is 17.2 Å². The van der Waals surface area contributed by atoms with Crippen molar-refractivity contribution in [3.05, 3.63) is 27.3 Å². The predicted octanol–water partition coefficient (Wildman–Crippen LogP) is 2.22. The molecule has 0 saturated carbocycles. The van der Waals surface area contributed by atoms with Gasteiger partial charge in [-0.15, -0.1) is 0 Å². The molecule has 1 aromatic carbocycles. The van der Waals surface area contributed by atoms with Crippen molar-refractivity contribution in [1.29, 1.82) is 5.26 Å². The van der Waals surface area contributed by atoms with Crippen molar-refractivity contribution < 1.29 is 4.74 Å². The molecule has 0 radical (unpaired) electrons. The molecule has 0 unspecified atom stereocenters. The summed E-state index contributed by atoms with van der Waals surface area (Å²) in [6, 6.07) is 7.83. The van der Waals surface area contributed by atoms with Gasteiger partial charge < -0.3 is 10.1 Å². The van der Waals surface area contributed by atoms with Crippen LogP contribution in [0.4, 0.5) is 5.69 Å². The van der Waals surface area contributed by atoms with E-state index in [0.717, 1.165) is 9.26 Å². The number of ether oxygens (including phenoxy) is 1. The van der Waals surface area contributed by atoms with Gasteiger partial charge in [-0.2, -0.15) is 5.26 Å². The SMILES string of the molecule is COCCNc1cc(I)ccc1C#N. The van der Waals surface area contributed by atoms with Crippen LogP contribution < -0.4 is 5.32 Å². The Balaban J connectivity index is 2.73. The Morgan fingerprint density at radius 3 is 3.00 bits per heavy atom. The van der Waals surface area contributed by atoms with Gasteiger partial charge >= 0.3 is 0 Å². The minimum absolute atomic E-state index is 0.635. The van der Waals surface area contributed by atoms with Gasteiger partial charge in [0.15, 0.2) is 0 Å². The molecule has 0 saturated heterocycles. The second-order valence-corrected chi connectivity index (χ2v) is 3.97. The first-order valence-corrected chi connectivity index (χ1v) is 5.28. The van der Waals surface area contributed by atoms with Crippen molar-refractivity contribution in [2.45, 2.75) is 0 Å². The third-order valence-corrected chi connectivity index (χ3v) is 2.39. The Labute approximate surface area is 97.2 Å². The molecule has 0 aliphatic heterocycles. The van der Waals surface area contributed by atoms with Gasteiger partial charge in [0.1, 0.15) is 6.07 Å². The highest BCUT2D eigenvalue weighted by Gasteiger charge is 2.01. The fourth-order valence-electron chi connectivity index (χ4n) is 1.05. The van der Waals surface area contributed by atoms with E-state index in [4.69, 9.17) is 10.00 Å². The van der Waals surface area contributed by atoms with Crippen molar-refractivity contribution in [3.8, 4) is 6.07 Å². The molecule has 1 N–H and O–H groups in total. The summed E-state index contributed by atoms with van der Waals surface area (Å²) in [6.07, 6.45) is 0. The molecule has 14 heavy (non-hydrogen) atoms. The largest absolute Gasteiger partial charge is 0.383 e. The fraction of sp³-hybridized carbons (Fsp3) is 0.300. The van der Waals surface area contributed by atoms with Crippen LogP contribution in [-0.4, -0.2) is 20.3 Å². The first-order valence-electron chi connectivity index (χ1n) is 4.20. The molecule has 0 amide bonds. The summed E-state index contributed by atoms with van der Waals surface area (Å²) in [7, 11) is 1.65. The number of hydrogen-bond donors (Lipinski definition) is 1. The maximum absolute atomic E-state index is 8.84. The topological polar surface area (TPSA) is 45.0 Å². The number of nitrogens with zero attached hydrogens (tertiary/aromatic N) is 1. The highest BCUT2D eigenvalue weighted by Crippen LogP contribution is 2.17.